The monoisotopic (exact) mass is 458 g/mol. The number of amides is 1. The van der Waals surface area contributed by atoms with Crippen LogP contribution < -0.4 is 5.43 Å². The molecule has 0 saturated carbocycles. The Hall–Kier alpha value is -3.24. The number of nitrogens with one attached hydrogen (secondary N) is 1. The minimum atomic E-state index is -0.478. The minimum absolute atomic E-state index is 0.0377. The molecule has 0 unspecified atom stereocenters. The lowest BCUT2D eigenvalue weighted by atomic mass is 10.1. The minimum Gasteiger partial charge on any atom is -0.302 e. The van der Waals surface area contributed by atoms with E-state index in [1.165, 1.54) is 23.9 Å². The predicted octanol–water partition coefficient (Wildman–Crippen LogP) is 4.16. The number of hydrogen-bond acceptors (Lipinski definition) is 7. The van der Waals surface area contributed by atoms with Gasteiger partial charge >= 0.3 is 0 Å². The van der Waals surface area contributed by atoms with E-state index in [1.807, 2.05) is 23.6 Å². The van der Waals surface area contributed by atoms with Crippen LogP contribution in [0.2, 0.25) is 5.02 Å². The number of rotatable bonds is 8. The SMILES string of the molecule is CCn1c(SCC(=O)N/N=C(/C)c2cccc([N+](=O)[O-])c2)nnc1-c1ccc(Cl)cc1. The highest BCUT2D eigenvalue weighted by Gasteiger charge is 2.15. The van der Waals surface area contributed by atoms with E-state index in [1.54, 1.807) is 31.2 Å². The number of hydrazone groups is 1. The first-order valence-electron chi connectivity index (χ1n) is 9.29. The van der Waals surface area contributed by atoms with Crippen LogP contribution in [0.25, 0.3) is 11.4 Å². The molecule has 2 aromatic carbocycles. The summed E-state index contributed by atoms with van der Waals surface area (Å²) in [7, 11) is 0. The number of thioether (sulfide) groups is 1. The van der Waals surface area contributed by atoms with Gasteiger partial charge in [0.15, 0.2) is 11.0 Å². The van der Waals surface area contributed by atoms with Crippen molar-refractivity contribution in [3.8, 4) is 11.4 Å². The highest BCUT2D eigenvalue weighted by molar-refractivity contribution is 7.99. The Kier molecular flexibility index (Phi) is 7.37. The molecular weight excluding hydrogens is 440 g/mol. The van der Waals surface area contributed by atoms with Crippen molar-refractivity contribution in [2.45, 2.75) is 25.5 Å². The standard InChI is InChI=1S/C20H19ClN6O3S/c1-3-26-19(14-7-9-16(21)10-8-14)24-25-20(26)31-12-18(28)23-22-13(2)15-5-4-6-17(11-15)27(29)30/h4-11H,3,12H2,1-2H3,(H,23,28)/b22-13-. The van der Waals surface area contributed by atoms with Gasteiger partial charge in [-0.25, -0.2) is 5.43 Å². The Bertz CT molecular complexity index is 1130. The summed E-state index contributed by atoms with van der Waals surface area (Å²) < 4.78 is 1.92. The van der Waals surface area contributed by atoms with E-state index in [4.69, 9.17) is 11.6 Å². The van der Waals surface area contributed by atoms with Gasteiger partial charge in [-0.2, -0.15) is 5.10 Å². The fraction of sp³-hybridized carbons (Fsp3) is 0.200. The summed E-state index contributed by atoms with van der Waals surface area (Å²) in [6.07, 6.45) is 0. The van der Waals surface area contributed by atoms with Crippen LogP contribution in [-0.2, 0) is 11.3 Å². The van der Waals surface area contributed by atoms with Gasteiger partial charge in [-0.1, -0.05) is 35.5 Å². The highest BCUT2D eigenvalue weighted by atomic mass is 35.5. The van der Waals surface area contributed by atoms with E-state index >= 15 is 0 Å². The maximum Gasteiger partial charge on any atom is 0.270 e. The molecule has 0 radical (unpaired) electrons. The zero-order chi connectivity index (χ0) is 22.4. The van der Waals surface area contributed by atoms with Crippen molar-refractivity contribution in [2.24, 2.45) is 5.10 Å². The summed E-state index contributed by atoms with van der Waals surface area (Å²) in [5.74, 6) is 0.458. The molecule has 0 aliphatic rings. The average molecular weight is 459 g/mol. The lowest BCUT2D eigenvalue weighted by Crippen LogP contribution is -2.21. The van der Waals surface area contributed by atoms with Crippen LogP contribution in [0, 0.1) is 10.1 Å². The average Bonchev–Trinajstić information content (AvgIpc) is 3.19. The number of hydrogen-bond donors (Lipinski definition) is 1. The van der Waals surface area contributed by atoms with Crippen molar-refractivity contribution in [1.82, 2.24) is 20.2 Å². The van der Waals surface area contributed by atoms with Crippen molar-refractivity contribution in [3.05, 3.63) is 69.2 Å². The van der Waals surface area contributed by atoms with Gasteiger partial charge in [-0.05, 0) is 38.1 Å². The van der Waals surface area contributed by atoms with Crippen LogP contribution in [0.5, 0.6) is 0 Å². The fourth-order valence-corrected chi connectivity index (χ4v) is 3.63. The van der Waals surface area contributed by atoms with Crippen molar-refractivity contribution >= 4 is 40.7 Å². The van der Waals surface area contributed by atoms with Gasteiger partial charge in [0, 0.05) is 34.8 Å². The van der Waals surface area contributed by atoms with E-state index < -0.39 is 4.92 Å². The van der Waals surface area contributed by atoms with Crippen LogP contribution in [0.1, 0.15) is 19.4 Å². The third-order valence-corrected chi connectivity index (χ3v) is 5.51. The largest absolute Gasteiger partial charge is 0.302 e. The topological polar surface area (TPSA) is 115 Å². The molecule has 1 N–H and O–H groups in total. The number of benzene rings is 2. The van der Waals surface area contributed by atoms with Gasteiger partial charge in [-0.15, -0.1) is 10.2 Å². The summed E-state index contributed by atoms with van der Waals surface area (Å²) in [6, 6.07) is 13.4. The number of nitro groups is 1. The summed E-state index contributed by atoms with van der Waals surface area (Å²) in [6.45, 7) is 4.27. The molecule has 1 heterocycles. The Balaban J connectivity index is 1.63. The third kappa shape index (κ3) is 5.68. The molecule has 0 fully saturated rings. The van der Waals surface area contributed by atoms with Crippen molar-refractivity contribution < 1.29 is 9.72 Å². The molecule has 1 aromatic heterocycles. The Morgan fingerprint density at radius 2 is 2.00 bits per heavy atom. The molecule has 3 aromatic rings. The second kappa shape index (κ2) is 10.2. The molecule has 0 atom stereocenters. The molecule has 0 bridgehead atoms. The number of aromatic nitrogens is 3. The number of nitrogens with zero attached hydrogens (tertiary/aromatic N) is 5. The van der Waals surface area contributed by atoms with Gasteiger partial charge in [0.05, 0.1) is 16.4 Å². The smallest absolute Gasteiger partial charge is 0.270 e. The lowest BCUT2D eigenvalue weighted by Gasteiger charge is -2.07. The third-order valence-electron chi connectivity index (χ3n) is 4.29. The molecule has 160 valence electrons. The van der Waals surface area contributed by atoms with Gasteiger partial charge in [0.25, 0.3) is 11.6 Å². The zero-order valence-corrected chi connectivity index (χ0v) is 18.4. The second-order valence-electron chi connectivity index (χ2n) is 6.39. The molecule has 9 nitrogen and oxygen atoms in total. The van der Waals surface area contributed by atoms with Gasteiger partial charge in [-0.3, -0.25) is 14.9 Å². The van der Waals surface area contributed by atoms with E-state index in [0.29, 0.717) is 33.8 Å². The van der Waals surface area contributed by atoms with Gasteiger partial charge in [0.1, 0.15) is 0 Å². The van der Waals surface area contributed by atoms with Crippen LogP contribution in [0.15, 0.2) is 58.8 Å². The van der Waals surface area contributed by atoms with Crippen LogP contribution in [-0.4, -0.2) is 37.1 Å². The fourth-order valence-electron chi connectivity index (χ4n) is 2.71. The molecule has 0 aliphatic carbocycles. The quantitative estimate of drug-likeness (QED) is 0.234. The maximum atomic E-state index is 12.2. The molecule has 3 rings (SSSR count). The predicted molar refractivity (Wildman–Crippen MR) is 120 cm³/mol. The molecule has 31 heavy (non-hydrogen) atoms. The van der Waals surface area contributed by atoms with E-state index in [2.05, 4.69) is 20.7 Å². The van der Waals surface area contributed by atoms with Crippen LogP contribution in [0.3, 0.4) is 0 Å². The number of carbonyl (C=O) groups is 1. The van der Waals surface area contributed by atoms with E-state index in [9.17, 15) is 14.9 Å². The van der Waals surface area contributed by atoms with E-state index in [-0.39, 0.29) is 17.3 Å². The van der Waals surface area contributed by atoms with Gasteiger partial charge < -0.3 is 4.57 Å². The summed E-state index contributed by atoms with van der Waals surface area (Å²) in [4.78, 5) is 22.6. The van der Waals surface area contributed by atoms with Crippen LogP contribution in [0.4, 0.5) is 5.69 Å². The first kappa shape index (κ1) is 22.4. The molecule has 0 spiro atoms. The first-order chi connectivity index (χ1) is 14.9. The normalized spacial score (nSPS) is 11.4. The number of halogens is 1. The highest BCUT2D eigenvalue weighted by Crippen LogP contribution is 2.25. The Morgan fingerprint density at radius 3 is 2.68 bits per heavy atom. The van der Waals surface area contributed by atoms with Gasteiger partial charge in [0.2, 0.25) is 0 Å². The Labute approximate surface area is 187 Å². The van der Waals surface area contributed by atoms with Crippen molar-refractivity contribution in [3.63, 3.8) is 0 Å². The molecule has 0 saturated heterocycles. The lowest BCUT2D eigenvalue weighted by molar-refractivity contribution is -0.384. The second-order valence-corrected chi connectivity index (χ2v) is 7.76. The van der Waals surface area contributed by atoms with Crippen LogP contribution >= 0.6 is 23.4 Å². The Morgan fingerprint density at radius 1 is 1.26 bits per heavy atom. The number of nitro benzene ring substituents is 1. The summed E-state index contributed by atoms with van der Waals surface area (Å²) in [5.41, 5.74) is 4.33. The first-order valence-corrected chi connectivity index (χ1v) is 10.6. The molecule has 0 aliphatic heterocycles. The molecule has 11 heteroatoms. The number of carbonyl (C=O) groups excluding carboxylic acids is 1. The summed E-state index contributed by atoms with van der Waals surface area (Å²) in [5, 5.41) is 24.6. The molecular formula is C20H19ClN6O3S. The van der Waals surface area contributed by atoms with Crippen molar-refractivity contribution in [2.75, 3.05) is 5.75 Å². The van der Waals surface area contributed by atoms with Crippen molar-refractivity contribution in [1.29, 1.82) is 0 Å². The zero-order valence-electron chi connectivity index (χ0n) is 16.8. The summed E-state index contributed by atoms with van der Waals surface area (Å²) >= 11 is 7.19. The maximum absolute atomic E-state index is 12.2. The number of non-ortho nitro benzene ring substituents is 1. The molecule has 1 amide bonds. The van der Waals surface area contributed by atoms with E-state index in [0.717, 1.165) is 5.56 Å².